The average molecular weight is 596 g/mol. The highest BCUT2D eigenvalue weighted by molar-refractivity contribution is 5.94. The largest absolute Gasteiger partial charge is 0.343 e. The third-order valence-corrected chi connectivity index (χ3v) is 9.12. The van der Waals surface area contributed by atoms with Gasteiger partial charge < -0.3 is 26.2 Å². The van der Waals surface area contributed by atoms with E-state index in [1.165, 1.54) is 0 Å². The summed E-state index contributed by atoms with van der Waals surface area (Å²) in [6, 6.07) is 27.5. The molecule has 5 rings (SSSR count). The molecule has 1 unspecified atom stereocenters. The number of hydrogen-bond acceptors (Lipinski definition) is 5. The van der Waals surface area contributed by atoms with Gasteiger partial charge >= 0.3 is 0 Å². The zero-order valence-corrected chi connectivity index (χ0v) is 25.7. The van der Waals surface area contributed by atoms with Crippen LogP contribution in [0.4, 0.5) is 0 Å². The smallest absolute Gasteiger partial charge is 0.246 e. The zero-order valence-electron chi connectivity index (χ0n) is 25.7. The summed E-state index contributed by atoms with van der Waals surface area (Å²) >= 11 is 0. The Labute approximate surface area is 261 Å². The number of benzene rings is 3. The van der Waals surface area contributed by atoms with Crippen molar-refractivity contribution in [1.82, 2.24) is 26.2 Å². The van der Waals surface area contributed by atoms with Crippen molar-refractivity contribution in [3.8, 4) is 0 Å². The van der Waals surface area contributed by atoms with Gasteiger partial charge in [-0.1, -0.05) is 97.9 Å². The third-order valence-electron chi connectivity index (χ3n) is 9.12. The summed E-state index contributed by atoms with van der Waals surface area (Å²) in [5, 5.41) is 13.0. The summed E-state index contributed by atoms with van der Waals surface area (Å²) in [4.78, 5) is 43.9. The maximum atomic E-state index is 14.4. The standard InChI is InChI=1S/C36H45N5O3/c1-3-38-24-28-19-20-29-21-22-31(35(43)39-32(26-15-9-5-10-16-26)27-17-11-6-12-18-27)41(29)36(44)33(28)40-34(42)30(37-2)23-25-13-7-4-8-14-25/h4-18,28-33,37-38H,3,19-24H2,1-2H3,(H,39,43)(H,40,42)/t28-,29?,30-,31+,33+/m1/s1. The Hall–Kier alpha value is -4.01. The molecule has 2 heterocycles. The van der Waals surface area contributed by atoms with Crippen molar-refractivity contribution in [1.29, 1.82) is 0 Å². The molecule has 8 heteroatoms. The van der Waals surface area contributed by atoms with Gasteiger partial charge in [-0.15, -0.1) is 0 Å². The highest BCUT2D eigenvalue weighted by Gasteiger charge is 2.48. The summed E-state index contributed by atoms with van der Waals surface area (Å²) in [5.41, 5.74) is 3.01. The Kier molecular flexibility index (Phi) is 10.8. The van der Waals surface area contributed by atoms with Gasteiger partial charge in [-0.2, -0.15) is 0 Å². The predicted octanol–water partition coefficient (Wildman–Crippen LogP) is 3.59. The first-order chi connectivity index (χ1) is 21.5. The van der Waals surface area contributed by atoms with E-state index in [1.807, 2.05) is 97.9 Å². The number of likely N-dealkylation sites (N-methyl/N-ethyl adjacent to an activating group) is 1. The lowest BCUT2D eigenvalue weighted by Gasteiger charge is -2.33. The van der Waals surface area contributed by atoms with E-state index >= 15 is 0 Å². The van der Waals surface area contributed by atoms with Gasteiger partial charge in [-0.25, -0.2) is 0 Å². The van der Waals surface area contributed by atoms with Crippen molar-refractivity contribution >= 4 is 17.7 Å². The Balaban J connectivity index is 1.37. The van der Waals surface area contributed by atoms with Crippen LogP contribution in [0.25, 0.3) is 0 Å². The molecular weight excluding hydrogens is 550 g/mol. The van der Waals surface area contributed by atoms with Crippen molar-refractivity contribution in [3.05, 3.63) is 108 Å². The fraction of sp³-hybridized carbons (Fsp3) is 0.417. The lowest BCUT2D eigenvalue weighted by Crippen LogP contribution is -2.59. The number of nitrogens with one attached hydrogen (secondary N) is 4. The van der Waals surface area contributed by atoms with Gasteiger partial charge in [0.15, 0.2) is 0 Å². The van der Waals surface area contributed by atoms with Gasteiger partial charge in [0.1, 0.15) is 12.1 Å². The maximum Gasteiger partial charge on any atom is 0.246 e. The molecule has 0 aromatic heterocycles. The fourth-order valence-electron chi connectivity index (χ4n) is 6.74. The van der Waals surface area contributed by atoms with Crippen LogP contribution in [-0.4, -0.2) is 66.9 Å². The molecule has 3 amide bonds. The van der Waals surface area contributed by atoms with Crippen molar-refractivity contribution in [2.45, 2.75) is 69.2 Å². The molecule has 0 aliphatic carbocycles. The number of carbonyl (C=O) groups is 3. The fourth-order valence-corrected chi connectivity index (χ4v) is 6.74. The molecule has 0 bridgehead atoms. The highest BCUT2D eigenvalue weighted by Crippen LogP contribution is 2.35. The SMILES string of the molecule is CCNC[C@H]1CCC2CC[C@@H](C(=O)NC(c3ccccc3)c3ccccc3)N2C(=O)[C@H]1NC(=O)[C@@H](Cc1ccccc1)NC. The second kappa shape index (κ2) is 15.1. The first kappa shape index (κ1) is 31.4. The molecule has 0 radical (unpaired) electrons. The number of rotatable bonds is 12. The summed E-state index contributed by atoms with van der Waals surface area (Å²) in [6.07, 6.45) is 3.48. The Bertz CT molecular complexity index is 1330. The minimum atomic E-state index is -0.717. The molecule has 0 saturated carbocycles. The topological polar surface area (TPSA) is 103 Å². The summed E-state index contributed by atoms with van der Waals surface area (Å²) < 4.78 is 0. The molecule has 44 heavy (non-hydrogen) atoms. The van der Waals surface area contributed by atoms with Crippen LogP contribution >= 0.6 is 0 Å². The highest BCUT2D eigenvalue weighted by atomic mass is 16.2. The first-order valence-electron chi connectivity index (χ1n) is 15.9. The molecule has 3 aromatic carbocycles. The van der Waals surface area contributed by atoms with E-state index in [1.54, 1.807) is 11.9 Å². The minimum Gasteiger partial charge on any atom is -0.343 e. The number of hydrogen-bond donors (Lipinski definition) is 4. The number of fused-ring (bicyclic) bond motifs is 1. The zero-order chi connectivity index (χ0) is 30.9. The molecule has 2 saturated heterocycles. The van der Waals surface area contributed by atoms with Crippen LogP contribution in [0.3, 0.4) is 0 Å². The summed E-state index contributed by atoms with van der Waals surface area (Å²) in [5.74, 6) is -0.600. The lowest BCUT2D eigenvalue weighted by molar-refractivity contribution is -0.143. The minimum absolute atomic E-state index is 0.0272. The van der Waals surface area contributed by atoms with E-state index in [0.29, 0.717) is 19.4 Å². The van der Waals surface area contributed by atoms with E-state index < -0.39 is 18.1 Å². The van der Waals surface area contributed by atoms with Crippen LogP contribution in [0.2, 0.25) is 0 Å². The monoisotopic (exact) mass is 595 g/mol. The summed E-state index contributed by atoms with van der Waals surface area (Å²) in [7, 11) is 1.77. The molecule has 2 aliphatic heterocycles. The van der Waals surface area contributed by atoms with Crippen LogP contribution in [0.1, 0.15) is 55.3 Å². The van der Waals surface area contributed by atoms with Crippen molar-refractivity contribution in [3.63, 3.8) is 0 Å². The molecule has 5 atom stereocenters. The molecule has 2 aliphatic rings. The Morgan fingerprint density at radius 3 is 2.02 bits per heavy atom. The van der Waals surface area contributed by atoms with E-state index in [-0.39, 0.29) is 35.7 Å². The van der Waals surface area contributed by atoms with E-state index in [2.05, 4.69) is 21.3 Å². The molecular formula is C36H45N5O3. The van der Waals surface area contributed by atoms with Crippen molar-refractivity contribution in [2.75, 3.05) is 20.1 Å². The quantitative estimate of drug-likeness (QED) is 0.256. The van der Waals surface area contributed by atoms with E-state index in [4.69, 9.17) is 0 Å². The Morgan fingerprint density at radius 2 is 1.43 bits per heavy atom. The van der Waals surface area contributed by atoms with Gasteiger partial charge in [0.2, 0.25) is 17.7 Å². The van der Waals surface area contributed by atoms with E-state index in [9.17, 15) is 14.4 Å². The lowest BCUT2D eigenvalue weighted by atomic mass is 9.92. The molecule has 8 nitrogen and oxygen atoms in total. The van der Waals surface area contributed by atoms with Crippen LogP contribution in [0.15, 0.2) is 91.0 Å². The number of carbonyl (C=O) groups excluding carboxylic acids is 3. The van der Waals surface area contributed by atoms with Crippen molar-refractivity contribution < 1.29 is 14.4 Å². The van der Waals surface area contributed by atoms with E-state index in [0.717, 1.165) is 42.5 Å². The first-order valence-corrected chi connectivity index (χ1v) is 15.9. The van der Waals surface area contributed by atoms with Crippen LogP contribution < -0.4 is 21.3 Å². The van der Waals surface area contributed by atoms with Crippen LogP contribution in [-0.2, 0) is 20.8 Å². The molecule has 3 aromatic rings. The van der Waals surface area contributed by atoms with Gasteiger partial charge in [-0.05, 0) is 62.4 Å². The summed E-state index contributed by atoms with van der Waals surface area (Å²) in [6.45, 7) is 3.44. The van der Waals surface area contributed by atoms with Crippen LogP contribution in [0.5, 0.6) is 0 Å². The second-order valence-electron chi connectivity index (χ2n) is 11.9. The van der Waals surface area contributed by atoms with Gasteiger partial charge in [0.05, 0.1) is 12.1 Å². The number of nitrogens with zero attached hydrogens (tertiary/aromatic N) is 1. The Morgan fingerprint density at radius 1 is 0.841 bits per heavy atom. The molecule has 232 valence electrons. The maximum absolute atomic E-state index is 14.4. The van der Waals surface area contributed by atoms with Crippen molar-refractivity contribution in [2.24, 2.45) is 5.92 Å². The van der Waals surface area contributed by atoms with Gasteiger partial charge in [0.25, 0.3) is 0 Å². The normalized spacial score (nSPS) is 22.2. The number of amides is 3. The molecule has 2 fully saturated rings. The third kappa shape index (κ3) is 7.37. The second-order valence-corrected chi connectivity index (χ2v) is 11.9. The average Bonchev–Trinajstić information content (AvgIpc) is 3.45. The van der Waals surface area contributed by atoms with Gasteiger partial charge in [-0.3, -0.25) is 14.4 Å². The molecule has 4 N–H and O–H groups in total. The molecule has 0 spiro atoms. The van der Waals surface area contributed by atoms with Crippen LogP contribution in [0, 0.1) is 5.92 Å². The predicted molar refractivity (Wildman–Crippen MR) is 173 cm³/mol. The van der Waals surface area contributed by atoms with Gasteiger partial charge in [0, 0.05) is 18.5 Å².